The SMILES string of the molecule is CC(C)(C)C1CCc2nc(N)cc(Cl)c21. The van der Waals surface area contributed by atoms with Crippen LogP contribution < -0.4 is 5.73 Å². The smallest absolute Gasteiger partial charge is 0.125 e. The minimum absolute atomic E-state index is 0.243. The molecule has 2 N–H and O–H groups in total. The van der Waals surface area contributed by atoms with Gasteiger partial charge in [-0.1, -0.05) is 32.4 Å². The number of halogens is 1. The predicted octanol–water partition coefficient (Wildman–Crippen LogP) is 3.39. The zero-order valence-electron chi connectivity index (χ0n) is 9.47. The highest BCUT2D eigenvalue weighted by molar-refractivity contribution is 6.31. The van der Waals surface area contributed by atoms with E-state index in [1.165, 1.54) is 5.56 Å². The molecule has 0 aromatic carbocycles. The van der Waals surface area contributed by atoms with E-state index in [4.69, 9.17) is 17.3 Å². The van der Waals surface area contributed by atoms with E-state index < -0.39 is 0 Å². The number of fused-ring (bicyclic) bond motifs is 1. The summed E-state index contributed by atoms with van der Waals surface area (Å²) in [6.07, 6.45) is 2.14. The second-order valence-electron chi connectivity index (χ2n) is 5.35. The molecule has 0 saturated carbocycles. The number of pyridine rings is 1. The van der Waals surface area contributed by atoms with E-state index in [0.717, 1.165) is 23.6 Å². The Morgan fingerprint density at radius 3 is 2.73 bits per heavy atom. The van der Waals surface area contributed by atoms with Gasteiger partial charge in [0.05, 0.1) is 0 Å². The third-order valence-corrected chi connectivity index (χ3v) is 3.48. The molecule has 82 valence electrons. The third-order valence-electron chi connectivity index (χ3n) is 3.17. The van der Waals surface area contributed by atoms with E-state index in [9.17, 15) is 0 Å². The second-order valence-corrected chi connectivity index (χ2v) is 5.75. The van der Waals surface area contributed by atoms with Crippen molar-refractivity contribution in [3.05, 3.63) is 22.3 Å². The van der Waals surface area contributed by atoms with Crippen molar-refractivity contribution in [2.75, 3.05) is 5.73 Å². The van der Waals surface area contributed by atoms with Gasteiger partial charge >= 0.3 is 0 Å². The van der Waals surface area contributed by atoms with Crippen molar-refractivity contribution in [3.63, 3.8) is 0 Å². The molecule has 0 saturated heterocycles. The number of aromatic nitrogens is 1. The fourth-order valence-electron chi connectivity index (χ4n) is 2.44. The third kappa shape index (κ3) is 1.83. The molecule has 0 fully saturated rings. The number of rotatable bonds is 0. The zero-order valence-corrected chi connectivity index (χ0v) is 10.2. The van der Waals surface area contributed by atoms with Crippen LogP contribution in [0.1, 0.15) is 44.4 Å². The quantitative estimate of drug-likeness (QED) is 0.734. The first-order valence-corrected chi connectivity index (χ1v) is 5.72. The highest BCUT2D eigenvalue weighted by Gasteiger charge is 2.34. The number of hydrogen-bond acceptors (Lipinski definition) is 2. The number of hydrogen-bond donors (Lipinski definition) is 1. The van der Waals surface area contributed by atoms with Crippen LogP contribution in [0.5, 0.6) is 0 Å². The number of aryl methyl sites for hydroxylation is 1. The molecule has 2 rings (SSSR count). The Labute approximate surface area is 95.8 Å². The maximum Gasteiger partial charge on any atom is 0.125 e. The Kier molecular flexibility index (Phi) is 2.42. The molecule has 0 bridgehead atoms. The number of nitrogens with zero attached hydrogens (tertiary/aromatic N) is 1. The lowest BCUT2D eigenvalue weighted by atomic mass is 9.77. The molecule has 15 heavy (non-hydrogen) atoms. The van der Waals surface area contributed by atoms with Crippen LogP contribution in [-0.4, -0.2) is 4.98 Å². The van der Waals surface area contributed by atoms with E-state index in [1.54, 1.807) is 6.07 Å². The fourth-order valence-corrected chi connectivity index (χ4v) is 2.80. The Morgan fingerprint density at radius 2 is 2.13 bits per heavy atom. The molecular formula is C12H17ClN2. The highest BCUT2D eigenvalue weighted by atomic mass is 35.5. The van der Waals surface area contributed by atoms with Crippen LogP contribution in [0.3, 0.4) is 0 Å². The van der Waals surface area contributed by atoms with Gasteiger partial charge in [0.2, 0.25) is 0 Å². The maximum absolute atomic E-state index is 6.26. The van der Waals surface area contributed by atoms with Crippen molar-refractivity contribution in [1.82, 2.24) is 4.98 Å². The monoisotopic (exact) mass is 224 g/mol. The van der Waals surface area contributed by atoms with E-state index in [2.05, 4.69) is 25.8 Å². The van der Waals surface area contributed by atoms with Crippen LogP contribution in [0, 0.1) is 5.41 Å². The molecule has 1 unspecified atom stereocenters. The summed E-state index contributed by atoms with van der Waals surface area (Å²) in [6, 6.07) is 1.77. The van der Waals surface area contributed by atoms with Crippen LogP contribution in [0.2, 0.25) is 5.02 Å². The maximum atomic E-state index is 6.26. The van der Waals surface area contributed by atoms with Crippen LogP contribution in [0.25, 0.3) is 0 Å². The second kappa shape index (κ2) is 3.38. The lowest BCUT2D eigenvalue weighted by Crippen LogP contribution is -2.16. The average Bonchev–Trinajstić information content (AvgIpc) is 2.45. The van der Waals surface area contributed by atoms with Gasteiger partial charge in [0.15, 0.2) is 0 Å². The molecule has 1 aromatic rings. The number of nitrogen functional groups attached to an aromatic ring is 1. The van der Waals surface area contributed by atoms with Gasteiger partial charge in [0.25, 0.3) is 0 Å². The minimum atomic E-state index is 0.243. The standard InChI is InChI=1S/C12H17ClN2/c1-12(2,3)7-4-5-9-11(7)8(13)6-10(14)15-9/h6-7H,4-5H2,1-3H3,(H2,14,15). The van der Waals surface area contributed by atoms with Gasteiger partial charge in [0.1, 0.15) is 5.82 Å². The van der Waals surface area contributed by atoms with Crippen LogP contribution in [0.4, 0.5) is 5.82 Å². The van der Waals surface area contributed by atoms with Gasteiger partial charge in [-0.3, -0.25) is 0 Å². The molecule has 0 spiro atoms. The summed E-state index contributed by atoms with van der Waals surface area (Å²) in [6.45, 7) is 6.75. The normalized spacial score (nSPS) is 20.4. The van der Waals surface area contributed by atoms with Crippen LogP contribution in [0.15, 0.2) is 6.07 Å². The first-order chi connectivity index (χ1) is 6.89. The topological polar surface area (TPSA) is 38.9 Å². The van der Waals surface area contributed by atoms with Crippen molar-refractivity contribution >= 4 is 17.4 Å². The van der Waals surface area contributed by atoms with Crippen LogP contribution >= 0.6 is 11.6 Å². The summed E-state index contributed by atoms with van der Waals surface area (Å²) >= 11 is 6.26. The molecule has 1 aromatic heterocycles. The fraction of sp³-hybridized carbons (Fsp3) is 0.583. The Morgan fingerprint density at radius 1 is 1.47 bits per heavy atom. The summed E-state index contributed by atoms with van der Waals surface area (Å²) in [5.41, 5.74) is 8.25. The molecule has 0 radical (unpaired) electrons. The summed E-state index contributed by atoms with van der Waals surface area (Å²) in [7, 11) is 0. The summed E-state index contributed by atoms with van der Waals surface area (Å²) in [4.78, 5) is 4.37. The first kappa shape index (κ1) is 10.7. The molecule has 1 heterocycles. The van der Waals surface area contributed by atoms with E-state index >= 15 is 0 Å². The van der Waals surface area contributed by atoms with Crippen molar-refractivity contribution < 1.29 is 0 Å². The highest BCUT2D eigenvalue weighted by Crippen LogP contribution is 2.47. The number of nitrogens with two attached hydrogens (primary N) is 1. The molecular weight excluding hydrogens is 208 g/mol. The van der Waals surface area contributed by atoms with Crippen molar-refractivity contribution in [1.29, 1.82) is 0 Å². The molecule has 0 amide bonds. The molecule has 1 atom stereocenters. The van der Waals surface area contributed by atoms with E-state index in [-0.39, 0.29) is 5.41 Å². The van der Waals surface area contributed by atoms with Crippen LogP contribution in [-0.2, 0) is 6.42 Å². The molecule has 0 aliphatic heterocycles. The van der Waals surface area contributed by atoms with Crippen molar-refractivity contribution in [3.8, 4) is 0 Å². The Bertz CT molecular complexity index is 393. The Balaban J connectivity index is 2.51. The molecule has 1 aliphatic carbocycles. The van der Waals surface area contributed by atoms with Gasteiger partial charge in [0, 0.05) is 10.7 Å². The van der Waals surface area contributed by atoms with Gasteiger partial charge in [-0.25, -0.2) is 4.98 Å². The number of anilines is 1. The van der Waals surface area contributed by atoms with Gasteiger partial charge in [-0.15, -0.1) is 0 Å². The average molecular weight is 225 g/mol. The van der Waals surface area contributed by atoms with Gasteiger partial charge in [-0.05, 0) is 35.8 Å². The largest absolute Gasteiger partial charge is 0.384 e. The lowest BCUT2D eigenvalue weighted by molar-refractivity contribution is 0.319. The molecule has 3 heteroatoms. The lowest BCUT2D eigenvalue weighted by Gasteiger charge is -2.28. The van der Waals surface area contributed by atoms with Crippen molar-refractivity contribution in [2.24, 2.45) is 5.41 Å². The van der Waals surface area contributed by atoms with Gasteiger partial charge in [-0.2, -0.15) is 0 Å². The minimum Gasteiger partial charge on any atom is -0.384 e. The summed E-state index contributed by atoms with van der Waals surface area (Å²) < 4.78 is 0. The van der Waals surface area contributed by atoms with E-state index in [0.29, 0.717) is 11.7 Å². The van der Waals surface area contributed by atoms with Crippen molar-refractivity contribution in [2.45, 2.75) is 39.5 Å². The van der Waals surface area contributed by atoms with Gasteiger partial charge < -0.3 is 5.73 Å². The molecule has 1 aliphatic rings. The zero-order chi connectivity index (χ0) is 11.2. The first-order valence-electron chi connectivity index (χ1n) is 5.34. The van der Waals surface area contributed by atoms with E-state index in [1.807, 2.05) is 0 Å². The predicted molar refractivity (Wildman–Crippen MR) is 64.2 cm³/mol. The molecule has 2 nitrogen and oxygen atoms in total. The Hall–Kier alpha value is -0.760. The summed E-state index contributed by atoms with van der Waals surface area (Å²) in [5.74, 6) is 1.04. The summed E-state index contributed by atoms with van der Waals surface area (Å²) in [5, 5.41) is 0.787.